The monoisotopic (exact) mass is 625 g/mol. The van der Waals surface area contributed by atoms with Crippen LogP contribution in [0.5, 0.6) is 5.75 Å². The largest absolute Gasteiger partial charge is 0.507 e. The molecule has 0 spiro atoms. The van der Waals surface area contributed by atoms with Crippen LogP contribution in [0.3, 0.4) is 0 Å². The predicted octanol–water partition coefficient (Wildman–Crippen LogP) is 11.9. The molecule has 0 radical (unpaired) electrons. The molecule has 1 heterocycles. The number of aromatic nitrogens is 1. The second-order valence-electron chi connectivity index (χ2n) is 13.0. The van der Waals surface area contributed by atoms with Gasteiger partial charge >= 0.3 is 0 Å². The summed E-state index contributed by atoms with van der Waals surface area (Å²) in [5, 5.41) is 17.8. The van der Waals surface area contributed by atoms with Crippen LogP contribution in [0.15, 0.2) is 133 Å². The Labute approximate surface area is 284 Å². The smallest absolute Gasteiger partial charge is 0.124 e. The van der Waals surface area contributed by atoms with E-state index in [1.54, 1.807) is 6.07 Å². The number of hydrogen-bond acceptors (Lipinski definition) is 1. The Hall–Kier alpha value is -6.30. The van der Waals surface area contributed by atoms with Crippen molar-refractivity contribution in [2.24, 2.45) is 0 Å². The standard InChI is InChI=1S/C47H31NO/c49-44-27-13-15-31-29-41(33-17-2-1-3-20-36(33)46(31)44)47-39-23-6-4-21-37(39)45(38-22-5-7-24-40(38)47)30-14-12-16-32(28-30)48-42-25-10-8-18-34(42)35-19-9-11-26-43(35)48/h2,4,6-19,21,23-29,49H,1,5,22H2. The fourth-order valence-electron chi connectivity index (χ4n) is 8.34. The van der Waals surface area contributed by atoms with Gasteiger partial charge in [0.25, 0.3) is 0 Å². The molecule has 0 fully saturated rings. The molecule has 2 heteroatoms. The van der Waals surface area contributed by atoms with E-state index in [-0.39, 0.29) is 5.75 Å². The number of allylic oxidation sites excluding steroid dienone is 2. The number of para-hydroxylation sites is 2. The van der Waals surface area contributed by atoms with Crippen molar-refractivity contribution in [2.45, 2.75) is 19.3 Å². The van der Waals surface area contributed by atoms with E-state index >= 15 is 0 Å². The summed E-state index contributed by atoms with van der Waals surface area (Å²) in [6.07, 6.45) is 11.6. The second kappa shape index (κ2) is 10.9. The Morgan fingerprint density at radius 2 is 1.31 bits per heavy atom. The van der Waals surface area contributed by atoms with Crippen LogP contribution in [0.25, 0.3) is 83.4 Å². The topological polar surface area (TPSA) is 25.2 Å². The minimum absolute atomic E-state index is 0.273. The fourth-order valence-corrected chi connectivity index (χ4v) is 8.34. The lowest BCUT2D eigenvalue weighted by molar-refractivity contribution is 0.481. The van der Waals surface area contributed by atoms with Gasteiger partial charge in [-0.1, -0.05) is 121 Å². The van der Waals surface area contributed by atoms with Crippen molar-refractivity contribution in [3.8, 4) is 45.5 Å². The Bertz CT molecular complexity index is 2760. The van der Waals surface area contributed by atoms with Crippen molar-refractivity contribution < 1.29 is 5.11 Å². The summed E-state index contributed by atoms with van der Waals surface area (Å²) >= 11 is 0. The first-order chi connectivity index (χ1) is 24.3. The maximum absolute atomic E-state index is 11.0. The van der Waals surface area contributed by atoms with Gasteiger partial charge in [-0.25, -0.2) is 0 Å². The van der Waals surface area contributed by atoms with E-state index in [2.05, 4.69) is 150 Å². The Morgan fingerprint density at radius 3 is 2.10 bits per heavy atom. The van der Waals surface area contributed by atoms with E-state index in [0.29, 0.717) is 6.42 Å². The van der Waals surface area contributed by atoms with E-state index in [4.69, 9.17) is 0 Å². The van der Waals surface area contributed by atoms with Crippen molar-refractivity contribution in [1.82, 2.24) is 4.57 Å². The van der Waals surface area contributed by atoms with Crippen molar-refractivity contribution >= 4 is 55.5 Å². The molecule has 230 valence electrons. The SMILES string of the molecule is Oc1cccc2cc(-c3c4c(c(-c5cccc(-n6c7ccccc7c7ccccc76)c5)c5ccccc35)CCC=C4)c3c(c12)C#CCC=C3. The lowest BCUT2D eigenvalue weighted by Gasteiger charge is -2.25. The Morgan fingerprint density at radius 1 is 0.612 bits per heavy atom. The van der Waals surface area contributed by atoms with Gasteiger partial charge in [0.05, 0.1) is 11.0 Å². The summed E-state index contributed by atoms with van der Waals surface area (Å²) in [7, 11) is 0. The van der Waals surface area contributed by atoms with Gasteiger partial charge in [-0.15, -0.1) is 0 Å². The van der Waals surface area contributed by atoms with Crippen LogP contribution in [0.2, 0.25) is 0 Å². The van der Waals surface area contributed by atoms with Crippen molar-refractivity contribution in [1.29, 1.82) is 0 Å². The van der Waals surface area contributed by atoms with Gasteiger partial charge in [-0.05, 0) is 104 Å². The highest BCUT2D eigenvalue weighted by molar-refractivity contribution is 6.14. The lowest BCUT2D eigenvalue weighted by atomic mass is 9.78. The molecule has 2 aliphatic rings. The highest BCUT2D eigenvalue weighted by Crippen LogP contribution is 2.48. The third kappa shape index (κ3) is 4.16. The number of fused-ring (bicyclic) bond motifs is 8. The number of nitrogens with zero attached hydrogens (tertiary/aromatic N) is 1. The van der Waals surface area contributed by atoms with Gasteiger partial charge < -0.3 is 9.67 Å². The molecular weight excluding hydrogens is 595 g/mol. The first kappa shape index (κ1) is 27.8. The molecule has 10 rings (SSSR count). The molecule has 0 saturated heterocycles. The summed E-state index contributed by atoms with van der Waals surface area (Å²) in [5.74, 6) is 7.02. The second-order valence-corrected chi connectivity index (χ2v) is 13.0. The molecule has 0 bridgehead atoms. The predicted molar refractivity (Wildman–Crippen MR) is 206 cm³/mol. The van der Waals surface area contributed by atoms with E-state index in [1.165, 1.54) is 60.4 Å². The first-order valence-electron chi connectivity index (χ1n) is 17.0. The summed E-state index contributed by atoms with van der Waals surface area (Å²) in [5.41, 5.74) is 13.1. The van der Waals surface area contributed by atoms with Crippen LogP contribution in [0.1, 0.15) is 35.1 Å². The fraction of sp³-hybridized carbons (Fsp3) is 0.0638. The number of phenolic OH excluding ortho intramolecular Hbond substituents is 1. The maximum Gasteiger partial charge on any atom is 0.124 e. The summed E-state index contributed by atoms with van der Waals surface area (Å²) in [6.45, 7) is 0. The minimum Gasteiger partial charge on any atom is -0.507 e. The zero-order valence-corrected chi connectivity index (χ0v) is 26.9. The quantitative estimate of drug-likeness (QED) is 0.194. The lowest BCUT2D eigenvalue weighted by Crippen LogP contribution is -2.04. The first-order valence-corrected chi connectivity index (χ1v) is 17.0. The average molecular weight is 626 g/mol. The third-order valence-corrected chi connectivity index (χ3v) is 10.4. The molecule has 1 aromatic heterocycles. The molecule has 0 atom stereocenters. The van der Waals surface area contributed by atoms with E-state index < -0.39 is 0 Å². The Kier molecular flexibility index (Phi) is 6.16. The zero-order chi connectivity index (χ0) is 32.5. The zero-order valence-electron chi connectivity index (χ0n) is 26.9. The van der Waals surface area contributed by atoms with Gasteiger partial charge in [-0.3, -0.25) is 0 Å². The number of phenols is 1. The molecular formula is C47H31NO. The van der Waals surface area contributed by atoms with E-state index in [9.17, 15) is 5.11 Å². The number of benzene rings is 7. The van der Waals surface area contributed by atoms with Crippen LogP contribution < -0.4 is 0 Å². The van der Waals surface area contributed by atoms with Gasteiger partial charge in [0.2, 0.25) is 0 Å². The van der Waals surface area contributed by atoms with Crippen LogP contribution >= 0.6 is 0 Å². The van der Waals surface area contributed by atoms with Gasteiger partial charge in [0.15, 0.2) is 0 Å². The summed E-state index contributed by atoms with van der Waals surface area (Å²) in [6, 6.07) is 43.5. The Balaban J connectivity index is 1.28. The van der Waals surface area contributed by atoms with Crippen LogP contribution in [0.4, 0.5) is 0 Å². The molecule has 8 aromatic rings. The van der Waals surface area contributed by atoms with E-state index in [1.807, 2.05) is 6.07 Å². The highest BCUT2D eigenvalue weighted by atomic mass is 16.3. The molecule has 0 unspecified atom stereocenters. The van der Waals surface area contributed by atoms with E-state index in [0.717, 1.165) is 46.0 Å². The number of hydrogen-bond donors (Lipinski definition) is 1. The maximum atomic E-state index is 11.0. The summed E-state index contributed by atoms with van der Waals surface area (Å²) < 4.78 is 2.41. The third-order valence-electron chi connectivity index (χ3n) is 10.4. The van der Waals surface area contributed by atoms with Crippen LogP contribution in [-0.2, 0) is 6.42 Å². The molecule has 1 N–H and O–H groups in total. The van der Waals surface area contributed by atoms with Crippen molar-refractivity contribution in [3.63, 3.8) is 0 Å². The molecule has 2 nitrogen and oxygen atoms in total. The molecule has 2 aliphatic carbocycles. The minimum atomic E-state index is 0.273. The van der Waals surface area contributed by atoms with Crippen LogP contribution in [0, 0.1) is 11.8 Å². The van der Waals surface area contributed by atoms with Crippen molar-refractivity contribution in [2.75, 3.05) is 0 Å². The van der Waals surface area contributed by atoms with Gasteiger partial charge in [-0.2, -0.15) is 0 Å². The van der Waals surface area contributed by atoms with Crippen molar-refractivity contribution in [3.05, 3.63) is 156 Å². The molecule has 49 heavy (non-hydrogen) atoms. The number of aromatic hydroxyl groups is 1. The van der Waals surface area contributed by atoms with Gasteiger partial charge in [0, 0.05) is 33.8 Å². The normalized spacial score (nSPS) is 13.4. The molecule has 0 saturated carbocycles. The van der Waals surface area contributed by atoms with Crippen LogP contribution in [-0.4, -0.2) is 9.67 Å². The summed E-state index contributed by atoms with van der Waals surface area (Å²) in [4.78, 5) is 0. The number of rotatable bonds is 3. The average Bonchev–Trinajstić information content (AvgIpc) is 3.28. The molecule has 0 aliphatic heterocycles. The molecule has 0 amide bonds. The highest BCUT2D eigenvalue weighted by Gasteiger charge is 2.25. The van der Waals surface area contributed by atoms with Gasteiger partial charge in [0.1, 0.15) is 5.75 Å². The molecule has 7 aromatic carbocycles.